The number of fused-ring (bicyclic) bond motifs is 1. The lowest BCUT2D eigenvalue weighted by atomic mass is 9.65. The molecule has 1 unspecified atom stereocenters. The van der Waals surface area contributed by atoms with Crippen LogP contribution in [0.5, 0.6) is 5.75 Å². The van der Waals surface area contributed by atoms with Gasteiger partial charge in [-0.15, -0.1) is 0 Å². The van der Waals surface area contributed by atoms with E-state index in [1.807, 2.05) is 65.6 Å². The number of carbonyl (C=O) groups is 2. The van der Waals surface area contributed by atoms with Crippen LogP contribution < -0.4 is 15.0 Å². The first-order chi connectivity index (χ1) is 22.6. The van der Waals surface area contributed by atoms with Crippen LogP contribution >= 0.6 is 0 Å². The number of anilines is 2. The molecule has 0 radical (unpaired) electrons. The maximum Gasteiger partial charge on any atom is 0.255 e. The summed E-state index contributed by atoms with van der Waals surface area (Å²) in [6.07, 6.45) is 5.94. The summed E-state index contributed by atoms with van der Waals surface area (Å²) in [6, 6.07) is 32.2. The van der Waals surface area contributed by atoms with Crippen LogP contribution in [0.25, 0.3) is 11.1 Å². The number of amides is 2. The van der Waals surface area contributed by atoms with Gasteiger partial charge in [0.15, 0.2) is 0 Å². The summed E-state index contributed by atoms with van der Waals surface area (Å²) in [5, 5.41) is 3.12. The van der Waals surface area contributed by atoms with Gasteiger partial charge < -0.3 is 15.0 Å². The zero-order chi connectivity index (χ0) is 33.0. The van der Waals surface area contributed by atoms with Crippen LogP contribution in [-0.4, -0.2) is 48.5 Å². The number of nitrogens with one attached hydrogen (secondary N) is 1. The molecule has 0 aromatic heterocycles. The third-order valence-electron chi connectivity index (χ3n) is 9.92. The molecule has 4 aromatic rings. The quantitative estimate of drug-likeness (QED) is 0.212. The van der Waals surface area contributed by atoms with Crippen molar-refractivity contribution in [3.8, 4) is 16.9 Å². The monoisotopic (exact) mass is 629 g/mol. The molecule has 47 heavy (non-hydrogen) atoms. The van der Waals surface area contributed by atoms with Crippen LogP contribution in [0.15, 0.2) is 97.1 Å². The van der Waals surface area contributed by atoms with Gasteiger partial charge in [0.05, 0.1) is 0 Å². The fourth-order valence-electron chi connectivity index (χ4n) is 7.69. The Bertz CT molecular complexity index is 1690. The Kier molecular flexibility index (Phi) is 9.51. The van der Waals surface area contributed by atoms with Gasteiger partial charge >= 0.3 is 0 Å². The summed E-state index contributed by atoms with van der Waals surface area (Å²) in [5.74, 6) is 0.696. The Hall–Kier alpha value is -4.42. The number of rotatable bonds is 8. The molecule has 0 spiro atoms. The molecule has 4 aromatic carbocycles. The second-order valence-corrected chi connectivity index (χ2v) is 13.9. The van der Waals surface area contributed by atoms with Gasteiger partial charge in [-0.25, -0.2) is 0 Å². The van der Waals surface area contributed by atoms with Crippen LogP contribution in [0.4, 0.5) is 11.4 Å². The number of carbonyl (C=O) groups excluding carboxylic acids is 2. The largest absolute Gasteiger partial charge is 0.492 e. The minimum absolute atomic E-state index is 0.00162. The van der Waals surface area contributed by atoms with E-state index in [0.29, 0.717) is 17.9 Å². The minimum Gasteiger partial charge on any atom is -0.492 e. The number of ether oxygens (including phenoxy) is 1. The van der Waals surface area contributed by atoms with Gasteiger partial charge in [0.25, 0.3) is 5.91 Å². The van der Waals surface area contributed by atoms with E-state index in [1.54, 1.807) is 6.92 Å². The van der Waals surface area contributed by atoms with Crippen LogP contribution in [0.2, 0.25) is 0 Å². The second-order valence-electron chi connectivity index (χ2n) is 13.9. The average molecular weight is 630 g/mol. The van der Waals surface area contributed by atoms with Crippen molar-refractivity contribution < 1.29 is 14.3 Å². The predicted octanol–water partition coefficient (Wildman–Crippen LogP) is 8.70. The van der Waals surface area contributed by atoms with E-state index in [2.05, 4.69) is 67.4 Å². The molecule has 2 amide bonds. The van der Waals surface area contributed by atoms with Crippen LogP contribution in [0, 0.1) is 0 Å². The van der Waals surface area contributed by atoms with Gasteiger partial charge in [0.1, 0.15) is 12.4 Å². The van der Waals surface area contributed by atoms with E-state index in [-0.39, 0.29) is 11.8 Å². The SMILES string of the molecule is CC(=O)N1c2ccc(NC(=O)c3ccc(-c4ccccc4)cc3)cc2C(C)(c2ccc(OCCN3CCCCCC3)cc2)CC1(C)C. The maximum atomic E-state index is 13.4. The first-order valence-corrected chi connectivity index (χ1v) is 17.0. The number of hydrogen-bond donors (Lipinski definition) is 1. The highest BCUT2D eigenvalue weighted by Gasteiger charge is 2.47. The molecule has 2 heterocycles. The Morgan fingerprint density at radius 1 is 0.787 bits per heavy atom. The van der Waals surface area contributed by atoms with E-state index in [1.165, 1.54) is 25.7 Å². The predicted molar refractivity (Wildman–Crippen MR) is 191 cm³/mol. The molecule has 6 heteroatoms. The molecule has 1 fully saturated rings. The van der Waals surface area contributed by atoms with Crippen molar-refractivity contribution in [2.75, 3.05) is 36.5 Å². The summed E-state index contributed by atoms with van der Waals surface area (Å²) < 4.78 is 6.18. The first-order valence-electron chi connectivity index (χ1n) is 17.0. The molecule has 0 saturated carbocycles. The zero-order valence-electron chi connectivity index (χ0n) is 28.2. The van der Waals surface area contributed by atoms with Gasteiger partial charge in [-0.1, -0.05) is 74.4 Å². The molecule has 0 bridgehead atoms. The van der Waals surface area contributed by atoms with Gasteiger partial charge in [0.2, 0.25) is 5.91 Å². The van der Waals surface area contributed by atoms with E-state index < -0.39 is 11.0 Å². The summed E-state index contributed by atoms with van der Waals surface area (Å²) in [5.41, 5.74) is 5.67. The van der Waals surface area contributed by atoms with Crippen LogP contribution in [0.3, 0.4) is 0 Å². The standard InChI is InChI=1S/C41H47N3O3/c1-30(45)44-38-23-20-35(42-39(46)33-16-14-32(15-17-33)31-12-8-7-9-13-31)28-37(38)41(4,29-40(44,2)3)34-18-21-36(22-19-34)47-27-26-43-24-10-5-6-11-25-43/h7-9,12-23,28H,5-6,10-11,24-27,29H2,1-4H3,(H,42,46). The van der Waals surface area contributed by atoms with Crippen molar-refractivity contribution in [3.05, 3.63) is 114 Å². The van der Waals surface area contributed by atoms with Gasteiger partial charge in [-0.3, -0.25) is 14.5 Å². The molecular formula is C41H47N3O3. The average Bonchev–Trinajstić information content (AvgIpc) is 3.34. The molecule has 6 rings (SSSR count). The van der Waals surface area contributed by atoms with Gasteiger partial charge in [0, 0.05) is 41.4 Å². The van der Waals surface area contributed by atoms with Gasteiger partial charge in [-0.2, -0.15) is 0 Å². The first kappa shape index (κ1) is 32.5. The smallest absolute Gasteiger partial charge is 0.255 e. The van der Waals surface area contributed by atoms with Crippen molar-refractivity contribution in [1.29, 1.82) is 0 Å². The van der Waals surface area contributed by atoms with Crippen molar-refractivity contribution >= 4 is 23.2 Å². The van der Waals surface area contributed by atoms with E-state index in [9.17, 15) is 9.59 Å². The lowest BCUT2D eigenvalue weighted by molar-refractivity contribution is -0.117. The lowest BCUT2D eigenvalue weighted by Crippen LogP contribution is -2.55. The fourth-order valence-corrected chi connectivity index (χ4v) is 7.69. The Balaban J connectivity index is 1.24. The molecule has 2 aliphatic rings. The molecule has 1 saturated heterocycles. The van der Waals surface area contributed by atoms with Crippen molar-refractivity contribution in [2.45, 2.75) is 70.8 Å². The number of benzene rings is 4. The fraction of sp³-hybridized carbons (Fsp3) is 0.366. The Morgan fingerprint density at radius 2 is 1.45 bits per heavy atom. The lowest BCUT2D eigenvalue weighted by Gasteiger charge is -2.51. The topological polar surface area (TPSA) is 61.9 Å². The number of hydrogen-bond acceptors (Lipinski definition) is 4. The zero-order valence-corrected chi connectivity index (χ0v) is 28.2. The summed E-state index contributed by atoms with van der Waals surface area (Å²) >= 11 is 0. The highest BCUT2D eigenvalue weighted by molar-refractivity contribution is 6.05. The normalized spacial score (nSPS) is 19.4. The summed E-state index contributed by atoms with van der Waals surface area (Å²) in [4.78, 5) is 30.8. The highest BCUT2D eigenvalue weighted by Crippen LogP contribution is 2.51. The molecule has 2 aliphatic heterocycles. The van der Waals surface area contributed by atoms with Crippen LogP contribution in [-0.2, 0) is 10.2 Å². The third-order valence-corrected chi connectivity index (χ3v) is 9.92. The van der Waals surface area contributed by atoms with E-state index in [0.717, 1.165) is 59.7 Å². The highest BCUT2D eigenvalue weighted by atomic mass is 16.5. The van der Waals surface area contributed by atoms with Crippen LogP contribution in [0.1, 0.15) is 81.3 Å². The molecular weight excluding hydrogens is 582 g/mol. The second kappa shape index (κ2) is 13.7. The van der Waals surface area contributed by atoms with Crippen molar-refractivity contribution in [3.63, 3.8) is 0 Å². The molecule has 1 N–H and O–H groups in total. The van der Waals surface area contributed by atoms with E-state index in [4.69, 9.17) is 4.74 Å². The van der Waals surface area contributed by atoms with Crippen molar-refractivity contribution in [2.24, 2.45) is 0 Å². The van der Waals surface area contributed by atoms with Crippen molar-refractivity contribution in [1.82, 2.24) is 4.90 Å². The molecule has 6 nitrogen and oxygen atoms in total. The minimum atomic E-state index is -0.416. The third kappa shape index (κ3) is 7.13. The maximum absolute atomic E-state index is 13.4. The number of likely N-dealkylation sites (tertiary alicyclic amines) is 1. The van der Waals surface area contributed by atoms with E-state index >= 15 is 0 Å². The number of nitrogens with zero attached hydrogens (tertiary/aromatic N) is 2. The molecule has 0 aliphatic carbocycles. The summed E-state index contributed by atoms with van der Waals surface area (Å²) in [7, 11) is 0. The molecule has 1 atom stereocenters. The molecule has 244 valence electrons. The Labute approximate surface area is 279 Å². The Morgan fingerprint density at radius 3 is 2.11 bits per heavy atom. The van der Waals surface area contributed by atoms with Gasteiger partial charge in [-0.05, 0) is 111 Å². The summed E-state index contributed by atoms with van der Waals surface area (Å²) in [6.45, 7) is 12.1.